The van der Waals surface area contributed by atoms with Gasteiger partial charge in [-0.15, -0.1) is 0 Å². The molecule has 3 nitrogen and oxygen atoms in total. The smallest absolute Gasteiger partial charge is 0.340 e. The summed E-state index contributed by atoms with van der Waals surface area (Å²) < 4.78 is 33.1. The standard InChI is InChI=1S/C16H10BrF2NO2S/c1-22-16(21)10-6-8(2-3-11(10)18)23-15-12(19)7-13-9(14(15)17)4-5-20-13/h2-7,20H,1H3. The monoisotopic (exact) mass is 397 g/mol. The van der Waals surface area contributed by atoms with Crippen LogP contribution in [-0.2, 0) is 4.74 Å². The first-order valence-electron chi connectivity index (χ1n) is 6.52. The van der Waals surface area contributed by atoms with Crippen LogP contribution in [0, 0.1) is 11.6 Å². The summed E-state index contributed by atoms with van der Waals surface area (Å²) in [6.07, 6.45) is 1.72. The van der Waals surface area contributed by atoms with Crippen LogP contribution in [0.5, 0.6) is 0 Å². The molecule has 1 heterocycles. The van der Waals surface area contributed by atoms with Gasteiger partial charge in [-0.2, -0.15) is 0 Å². The molecule has 0 radical (unpaired) electrons. The lowest BCUT2D eigenvalue weighted by Crippen LogP contribution is -2.04. The van der Waals surface area contributed by atoms with E-state index in [0.717, 1.165) is 23.2 Å². The Balaban J connectivity index is 2.04. The molecule has 0 aliphatic rings. The summed E-state index contributed by atoms with van der Waals surface area (Å²) in [4.78, 5) is 15.4. The Hall–Kier alpha value is -1.86. The molecule has 0 fully saturated rings. The normalized spacial score (nSPS) is 11.0. The average Bonchev–Trinajstić information content (AvgIpc) is 3.00. The van der Waals surface area contributed by atoms with Gasteiger partial charge in [0.1, 0.15) is 11.6 Å². The summed E-state index contributed by atoms with van der Waals surface area (Å²) in [5, 5.41) is 0.837. The first kappa shape index (κ1) is 16.0. The number of ether oxygens (including phenoxy) is 1. The van der Waals surface area contributed by atoms with Crippen molar-refractivity contribution in [3.8, 4) is 0 Å². The Labute approximate surface area is 143 Å². The van der Waals surface area contributed by atoms with E-state index in [2.05, 4.69) is 25.7 Å². The van der Waals surface area contributed by atoms with Gasteiger partial charge in [-0.1, -0.05) is 11.8 Å². The fourth-order valence-electron chi connectivity index (χ4n) is 2.16. The predicted octanol–water partition coefficient (Wildman–Crippen LogP) is 5.15. The highest BCUT2D eigenvalue weighted by molar-refractivity contribution is 9.10. The summed E-state index contributed by atoms with van der Waals surface area (Å²) in [6.45, 7) is 0. The van der Waals surface area contributed by atoms with Crippen molar-refractivity contribution >= 4 is 44.6 Å². The fraction of sp³-hybridized carbons (Fsp3) is 0.0625. The minimum atomic E-state index is -0.773. The van der Waals surface area contributed by atoms with Crippen molar-refractivity contribution in [1.29, 1.82) is 0 Å². The quantitative estimate of drug-likeness (QED) is 0.621. The molecule has 0 spiro atoms. The van der Waals surface area contributed by atoms with Crippen LogP contribution < -0.4 is 0 Å². The fourth-order valence-corrected chi connectivity index (χ4v) is 3.84. The highest BCUT2D eigenvalue weighted by Crippen LogP contribution is 2.40. The van der Waals surface area contributed by atoms with E-state index in [9.17, 15) is 13.6 Å². The van der Waals surface area contributed by atoms with E-state index in [-0.39, 0.29) is 5.56 Å². The van der Waals surface area contributed by atoms with Gasteiger partial charge in [-0.25, -0.2) is 13.6 Å². The molecule has 1 aromatic heterocycles. The minimum absolute atomic E-state index is 0.184. The molecule has 7 heteroatoms. The van der Waals surface area contributed by atoms with E-state index < -0.39 is 17.6 Å². The highest BCUT2D eigenvalue weighted by atomic mass is 79.9. The van der Waals surface area contributed by atoms with Crippen molar-refractivity contribution in [2.45, 2.75) is 9.79 Å². The molecule has 1 N–H and O–H groups in total. The first-order chi connectivity index (χ1) is 11.0. The maximum atomic E-state index is 14.3. The van der Waals surface area contributed by atoms with E-state index in [4.69, 9.17) is 0 Å². The minimum Gasteiger partial charge on any atom is -0.465 e. The topological polar surface area (TPSA) is 42.1 Å². The zero-order chi connectivity index (χ0) is 16.6. The second-order valence-corrected chi connectivity index (χ2v) is 6.55. The van der Waals surface area contributed by atoms with Gasteiger partial charge in [0.2, 0.25) is 0 Å². The number of nitrogens with one attached hydrogen (secondary N) is 1. The van der Waals surface area contributed by atoms with E-state index >= 15 is 0 Å². The van der Waals surface area contributed by atoms with Crippen molar-refractivity contribution < 1.29 is 18.3 Å². The first-order valence-corrected chi connectivity index (χ1v) is 8.13. The van der Waals surface area contributed by atoms with Gasteiger partial charge in [0.25, 0.3) is 0 Å². The molecule has 23 heavy (non-hydrogen) atoms. The lowest BCUT2D eigenvalue weighted by Gasteiger charge is -2.09. The molecule has 0 saturated heterocycles. The Bertz CT molecular complexity index is 910. The number of carbonyl (C=O) groups excluding carboxylic acids is 1. The zero-order valence-electron chi connectivity index (χ0n) is 11.8. The number of benzene rings is 2. The maximum absolute atomic E-state index is 14.3. The van der Waals surface area contributed by atoms with E-state index in [1.54, 1.807) is 6.20 Å². The van der Waals surface area contributed by atoms with Gasteiger partial charge in [0.05, 0.1) is 17.6 Å². The number of carbonyl (C=O) groups is 1. The number of hydrogen-bond donors (Lipinski definition) is 1. The van der Waals surface area contributed by atoms with E-state index in [0.29, 0.717) is 19.8 Å². The van der Waals surface area contributed by atoms with Crippen molar-refractivity contribution in [3.05, 3.63) is 58.2 Å². The molecule has 0 aliphatic carbocycles. The molecular weight excluding hydrogens is 388 g/mol. The summed E-state index contributed by atoms with van der Waals surface area (Å²) >= 11 is 4.50. The molecule has 0 atom stereocenters. The zero-order valence-corrected chi connectivity index (χ0v) is 14.2. The summed E-state index contributed by atoms with van der Waals surface area (Å²) in [5.74, 6) is -1.87. The van der Waals surface area contributed by atoms with Gasteiger partial charge >= 0.3 is 5.97 Å². The van der Waals surface area contributed by atoms with Crippen LogP contribution >= 0.6 is 27.7 Å². The predicted molar refractivity (Wildman–Crippen MR) is 87.8 cm³/mol. The third-order valence-corrected chi connectivity index (χ3v) is 5.44. The number of rotatable bonds is 3. The molecule has 0 saturated carbocycles. The van der Waals surface area contributed by atoms with Crippen LogP contribution in [0.1, 0.15) is 10.4 Å². The molecule has 0 aliphatic heterocycles. The lowest BCUT2D eigenvalue weighted by molar-refractivity contribution is 0.0595. The van der Waals surface area contributed by atoms with Crippen LogP contribution in [0.3, 0.4) is 0 Å². The average molecular weight is 398 g/mol. The Kier molecular flexibility index (Phi) is 4.41. The third-order valence-electron chi connectivity index (χ3n) is 3.27. The van der Waals surface area contributed by atoms with Crippen LogP contribution in [0.25, 0.3) is 10.9 Å². The molecule has 3 aromatic rings. The summed E-state index contributed by atoms with van der Waals surface area (Å²) in [7, 11) is 1.18. The second-order valence-electron chi connectivity index (χ2n) is 4.68. The van der Waals surface area contributed by atoms with Gasteiger partial charge in [0, 0.05) is 26.5 Å². The molecule has 0 amide bonds. The van der Waals surface area contributed by atoms with Gasteiger partial charge < -0.3 is 9.72 Å². The third kappa shape index (κ3) is 2.98. The van der Waals surface area contributed by atoms with Crippen LogP contribution in [0.2, 0.25) is 0 Å². The molecule has 0 bridgehead atoms. The number of fused-ring (bicyclic) bond motifs is 1. The maximum Gasteiger partial charge on any atom is 0.340 e. The van der Waals surface area contributed by atoms with Crippen LogP contribution in [0.15, 0.2) is 50.8 Å². The van der Waals surface area contributed by atoms with Crippen LogP contribution in [0.4, 0.5) is 8.78 Å². The number of H-pyrrole nitrogens is 1. The Morgan fingerprint density at radius 2 is 2.00 bits per heavy atom. The summed E-state index contributed by atoms with van der Waals surface area (Å²) in [6, 6.07) is 7.22. The molecular formula is C16H10BrF2NO2S. The number of esters is 1. The Morgan fingerprint density at radius 1 is 1.22 bits per heavy atom. The van der Waals surface area contributed by atoms with Crippen LogP contribution in [-0.4, -0.2) is 18.1 Å². The second kappa shape index (κ2) is 6.33. The van der Waals surface area contributed by atoms with E-state index in [1.165, 1.54) is 25.3 Å². The molecule has 3 rings (SSSR count). The largest absolute Gasteiger partial charge is 0.465 e. The lowest BCUT2D eigenvalue weighted by atomic mass is 10.2. The molecule has 118 valence electrons. The SMILES string of the molecule is COC(=O)c1cc(Sc2c(F)cc3[nH]ccc3c2Br)ccc1F. The Morgan fingerprint density at radius 3 is 2.74 bits per heavy atom. The van der Waals surface area contributed by atoms with Crippen molar-refractivity contribution in [1.82, 2.24) is 4.98 Å². The van der Waals surface area contributed by atoms with Gasteiger partial charge in [-0.05, 0) is 46.3 Å². The molecule has 2 aromatic carbocycles. The van der Waals surface area contributed by atoms with Crippen molar-refractivity contribution in [3.63, 3.8) is 0 Å². The number of methoxy groups -OCH3 is 1. The van der Waals surface area contributed by atoms with Gasteiger partial charge in [0.15, 0.2) is 0 Å². The number of hydrogen-bond acceptors (Lipinski definition) is 3. The van der Waals surface area contributed by atoms with Crippen molar-refractivity contribution in [2.75, 3.05) is 7.11 Å². The number of aromatic nitrogens is 1. The highest BCUT2D eigenvalue weighted by Gasteiger charge is 2.17. The number of halogens is 3. The number of aromatic amines is 1. The van der Waals surface area contributed by atoms with Crippen molar-refractivity contribution in [2.24, 2.45) is 0 Å². The summed E-state index contributed by atoms with van der Waals surface area (Å²) in [5.41, 5.74) is 0.491. The van der Waals surface area contributed by atoms with E-state index in [1.807, 2.05) is 6.07 Å². The van der Waals surface area contributed by atoms with Gasteiger partial charge in [-0.3, -0.25) is 0 Å². The molecule has 0 unspecified atom stereocenters.